The molecule has 2 saturated heterocycles. The summed E-state index contributed by atoms with van der Waals surface area (Å²) in [6, 6.07) is 0. The van der Waals surface area contributed by atoms with E-state index in [1.165, 1.54) is 0 Å². The van der Waals surface area contributed by atoms with Crippen molar-refractivity contribution in [2.24, 2.45) is 0 Å². The number of hydrogen-bond donors (Lipinski definition) is 0. The quantitative estimate of drug-likeness (QED) is 0.513. The Morgan fingerprint density at radius 3 is 2.55 bits per heavy atom. The van der Waals surface area contributed by atoms with Gasteiger partial charge in [0.25, 0.3) is 10.1 Å². The zero-order valence-electron chi connectivity index (χ0n) is 13.8. The maximum absolute atomic E-state index is 11.3. The van der Waals surface area contributed by atoms with E-state index in [1.807, 2.05) is 13.8 Å². The molecule has 2 aliphatic heterocycles. The highest BCUT2D eigenvalue weighted by Gasteiger charge is 2.57. The first-order chi connectivity index (χ1) is 10.1. The van der Waals surface area contributed by atoms with Gasteiger partial charge in [-0.3, -0.25) is 4.18 Å². The largest absolute Gasteiger partial charge is 0.372 e. The minimum absolute atomic E-state index is 0.387. The summed E-state index contributed by atoms with van der Waals surface area (Å²) in [6.45, 7) is 7.89. The highest BCUT2D eigenvalue weighted by atomic mass is 32.2. The molecular weight excluding hydrogens is 312 g/mol. The Bertz CT molecular complexity index is 476. The van der Waals surface area contributed by atoms with Crippen LogP contribution < -0.4 is 0 Å². The summed E-state index contributed by atoms with van der Waals surface area (Å²) in [6.07, 6.45) is 0.314. The lowest BCUT2D eigenvalue weighted by atomic mass is 10.1. The Labute approximate surface area is 132 Å². The van der Waals surface area contributed by atoms with Crippen molar-refractivity contribution in [3.05, 3.63) is 0 Å². The molecule has 0 aromatic carbocycles. The second-order valence-electron chi connectivity index (χ2n) is 6.26. The number of fused-ring (bicyclic) bond motifs is 1. The molecule has 0 bridgehead atoms. The summed E-state index contributed by atoms with van der Waals surface area (Å²) in [7, 11) is -3.57. The lowest BCUT2D eigenvalue weighted by molar-refractivity contribution is -0.226. The van der Waals surface area contributed by atoms with Gasteiger partial charge in [0.1, 0.15) is 24.4 Å². The maximum atomic E-state index is 11.3. The van der Waals surface area contributed by atoms with Gasteiger partial charge in [-0.25, -0.2) is 0 Å². The molecule has 5 atom stereocenters. The van der Waals surface area contributed by atoms with Gasteiger partial charge in [-0.15, -0.1) is 0 Å². The fourth-order valence-corrected chi connectivity index (χ4v) is 3.43. The summed E-state index contributed by atoms with van der Waals surface area (Å²) < 4.78 is 50.9. The predicted octanol–water partition coefficient (Wildman–Crippen LogP) is 1.41. The molecular formula is C14H26O7S. The van der Waals surface area contributed by atoms with Crippen molar-refractivity contribution < 1.29 is 31.5 Å². The van der Waals surface area contributed by atoms with Gasteiger partial charge in [-0.1, -0.05) is 13.3 Å². The van der Waals surface area contributed by atoms with Gasteiger partial charge < -0.3 is 18.9 Å². The van der Waals surface area contributed by atoms with Crippen molar-refractivity contribution in [3.63, 3.8) is 0 Å². The van der Waals surface area contributed by atoms with Crippen molar-refractivity contribution in [1.82, 2.24) is 0 Å². The van der Waals surface area contributed by atoms with Gasteiger partial charge in [0.05, 0.1) is 6.26 Å². The van der Waals surface area contributed by atoms with Crippen molar-refractivity contribution in [3.8, 4) is 0 Å². The molecule has 0 aromatic heterocycles. The Balaban J connectivity index is 2.08. The molecule has 0 saturated carbocycles. The first-order valence-electron chi connectivity index (χ1n) is 7.64. The highest BCUT2D eigenvalue weighted by Crippen LogP contribution is 2.40. The van der Waals surface area contributed by atoms with E-state index >= 15 is 0 Å². The number of unbranched alkanes of at least 4 members (excludes halogenated alkanes) is 1. The minimum atomic E-state index is -3.57. The maximum Gasteiger partial charge on any atom is 0.264 e. The summed E-state index contributed by atoms with van der Waals surface area (Å²) in [5, 5.41) is 0. The Kier molecular flexibility index (Phi) is 5.51. The summed E-state index contributed by atoms with van der Waals surface area (Å²) in [5.41, 5.74) is 0. The average molecular weight is 338 g/mol. The predicted molar refractivity (Wildman–Crippen MR) is 78.7 cm³/mol. The van der Waals surface area contributed by atoms with E-state index in [4.69, 9.17) is 23.1 Å². The van der Waals surface area contributed by atoms with Crippen LogP contribution in [0.1, 0.15) is 40.5 Å². The Morgan fingerprint density at radius 1 is 1.27 bits per heavy atom. The van der Waals surface area contributed by atoms with Gasteiger partial charge in [0.2, 0.25) is 0 Å². The Hall–Kier alpha value is -0.250. The van der Waals surface area contributed by atoms with Gasteiger partial charge in [-0.2, -0.15) is 8.42 Å². The van der Waals surface area contributed by atoms with Gasteiger partial charge >= 0.3 is 0 Å². The molecule has 2 fully saturated rings. The molecule has 2 rings (SSSR count). The molecule has 0 N–H and O–H groups in total. The van der Waals surface area contributed by atoms with Gasteiger partial charge in [0.15, 0.2) is 12.1 Å². The van der Waals surface area contributed by atoms with E-state index in [0.29, 0.717) is 6.61 Å². The van der Waals surface area contributed by atoms with Crippen molar-refractivity contribution in [1.29, 1.82) is 0 Å². The molecule has 0 aromatic rings. The minimum Gasteiger partial charge on any atom is -0.372 e. The topological polar surface area (TPSA) is 80.3 Å². The molecule has 130 valence electrons. The lowest BCUT2D eigenvalue weighted by Gasteiger charge is -2.28. The van der Waals surface area contributed by atoms with Crippen LogP contribution in [-0.2, 0) is 33.2 Å². The lowest BCUT2D eigenvalue weighted by Crippen LogP contribution is -2.43. The molecule has 22 heavy (non-hydrogen) atoms. The van der Waals surface area contributed by atoms with Crippen molar-refractivity contribution in [2.75, 3.05) is 12.9 Å². The molecule has 0 amide bonds. The van der Waals surface area contributed by atoms with Crippen LogP contribution >= 0.6 is 0 Å². The molecule has 2 aliphatic rings. The third-order valence-corrected chi connectivity index (χ3v) is 4.28. The summed E-state index contributed by atoms with van der Waals surface area (Å²) in [5.74, 6) is -0.742. The molecule has 0 aliphatic carbocycles. The van der Waals surface area contributed by atoms with E-state index < -0.39 is 40.5 Å². The van der Waals surface area contributed by atoms with Crippen LogP contribution in [0.2, 0.25) is 0 Å². The van der Waals surface area contributed by atoms with Crippen LogP contribution in [0.15, 0.2) is 0 Å². The molecule has 7 nitrogen and oxygen atoms in total. The molecule has 0 unspecified atom stereocenters. The molecule has 0 radical (unpaired) electrons. The van der Waals surface area contributed by atoms with Crippen LogP contribution in [0.25, 0.3) is 0 Å². The number of hydrogen-bond acceptors (Lipinski definition) is 7. The third-order valence-electron chi connectivity index (χ3n) is 3.62. The fraction of sp³-hybridized carbons (Fsp3) is 1.00. The molecule has 2 heterocycles. The van der Waals surface area contributed by atoms with Crippen molar-refractivity contribution >= 4 is 10.1 Å². The highest BCUT2D eigenvalue weighted by molar-refractivity contribution is 7.86. The van der Waals surface area contributed by atoms with Gasteiger partial charge in [0, 0.05) is 6.61 Å². The van der Waals surface area contributed by atoms with Crippen molar-refractivity contribution in [2.45, 2.75) is 77.0 Å². The summed E-state index contributed by atoms with van der Waals surface area (Å²) in [4.78, 5) is 0. The van der Waals surface area contributed by atoms with Gasteiger partial charge in [-0.05, 0) is 27.2 Å². The fourth-order valence-electron chi connectivity index (χ4n) is 2.77. The smallest absolute Gasteiger partial charge is 0.264 e. The van der Waals surface area contributed by atoms with Crippen LogP contribution in [0, 0.1) is 0 Å². The molecule has 0 spiro atoms. The zero-order valence-corrected chi connectivity index (χ0v) is 14.6. The number of ether oxygens (including phenoxy) is 4. The van der Waals surface area contributed by atoms with Crippen LogP contribution in [0.5, 0.6) is 0 Å². The van der Waals surface area contributed by atoms with E-state index in [0.717, 1.165) is 19.1 Å². The normalized spacial score (nSPS) is 35.5. The standard InChI is InChI=1S/C14H26O7S/c1-6-7-8-17-11-10(9(2)21-22(5,15)16)18-13-12(11)19-14(3,4)20-13/h9-13H,6-8H2,1-5H3/t9-,10-,11-,12-,13-/m1/s1. The van der Waals surface area contributed by atoms with E-state index in [9.17, 15) is 8.42 Å². The SMILES string of the molecule is CCCCO[C@H]1[C@H]2OC(C)(C)O[C@H]2O[C@@H]1[C@@H](C)OS(C)(=O)=O. The van der Waals surface area contributed by atoms with Crippen LogP contribution in [-0.4, -0.2) is 57.8 Å². The van der Waals surface area contributed by atoms with Crippen LogP contribution in [0.3, 0.4) is 0 Å². The van der Waals surface area contributed by atoms with Crippen LogP contribution in [0.4, 0.5) is 0 Å². The number of rotatable bonds is 7. The third kappa shape index (κ3) is 4.39. The summed E-state index contributed by atoms with van der Waals surface area (Å²) >= 11 is 0. The first-order valence-corrected chi connectivity index (χ1v) is 9.45. The average Bonchev–Trinajstić information content (AvgIpc) is 2.80. The monoisotopic (exact) mass is 338 g/mol. The van der Waals surface area contributed by atoms with E-state index in [2.05, 4.69) is 6.92 Å². The second-order valence-corrected chi connectivity index (χ2v) is 7.86. The van der Waals surface area contributed by atoms with E-state index in [1.54, 1.807) is 6.92 Å². The zero-order chi connectivity index (χ0) is 16.5. The van der Waals surface area contributed by atoms with E-state index in [-0.39, 0.29) is 6.10 Å². The Morgan fingerprint density at radius 2 is 1.95 bits per heavy atom. The second kappa shape index (κ2) is 6.70. The first kappa shape index (κ1) is 18.1. The molecule has 8 heteroatoms.